The van der Waals surface area contributed by atoms with Crippen LogP contribution < -0.4 is 4.74 Å². The van der Waals surface area contributed by atoms with Crippen molar-refractivity contribution < 1.29 is 9.53 Å². The zero-order valence-electron chi connectivity index (χ0n) is 14.3. The van der Waals surface area contributed by atoms with E-state index in [0.717, 1.165) is 29.7 Å². The maximum Gasteiger partial charge on any atom is 0.232 e. The normalized spacial score (nSPS) is 15.4. The van der Waals surface area contributed by atoms with Gasteiger partial charge in [0.15, 0.2) is 11.4 Å². The summed E-state index contributed by atoms with van der Waals surface area (Å²) >= 11 is 0. The fourth-order valence-corrected chi connectivity index (χ4v) is 3.37. The van der Waals surface area contributed by atoms with Gasteiger partial charge in [-0.25, -0.2) is 9.50 Å². The number of carbonyl (C=O) groups excluding carboxylic acids is 1. The van der Waals surface area contributed by atoms with Crippen LogP contribution >= 0.6 is 0 Å². The Balaban J connectivity index is 1.69. The predicted octanol–water partition coefficient (Wildman–Crippen LogP) is 4.31. The van der Waals surface area contributed by atoms with Gasteiger partial charge in [0.2, 0.25) is 5.88 Å². The van der Waals surface area contributed by atoms with Gasteiger partial charge in [0.1, 0.15) is 6.10 Å². The number of fused-ring (bicyclic) bond motifs is 1. The lowest BCUT2D eigenvalue weighted by Crippen LogP contribution is -2.20. The highest BCUT2D eigenvalue weighted by Crippen LogP contribution is 2.25. The summed E-state index contributed by atoms with van der Waals surface area (Å²) in [5.41, 5.74) is 3.22. The van der Waals surface area contributed by atoms with Crippen LogP contribution in [0.5, 0.6) is 5.88 Å². The fourth-order valence-electron chi connectivity index (χ4n) is 3.37. The van der Waals surface area contributed by atoms with Gasteiger partial charge in [0, 0.05) is 17.2 Å². The minimum atomic E-state index is 0.0463. The smallest absolute Gasteiger partial charge is 0.232 e. The summed E-state index contributed by atoms with van der Waals surface area (Å²) in [5.74, 6) is 0.673. The van der Waals surface area contributed by atoms with Crippen LogP contribution in [-0.2, 0) is 0 Å². The van der Waals surface area contributed by atoms with Gasteiger partial charge in [-0.2, -0.15) is 0 Å². The van der Waals surface area contributed by atoms with Crippen LogP contribution in [0.3, 0.4) is 0 Å². The first kappa shape index (κ1) is 15.8. The van der Waals surface area contributed by atoms with Gasteiger partial charge < -0.3 is 4.74 Å². The van der Waals surface area contributed by atoms with E-state index in [1.165, 1.54) is 19.3 Å². The van der Waals surface area contributed by atoms with E-state index in [9.17, 15) is 4.79 Å². The number of hydrogen-bond donors (Lipinski definition) is 0. The minimum Gasteiger partial charge on any atom is -0.473 e. The number of carbonyl (C=O) groups is 1. The molecule has 0 N–H and O–H groups in total. The Morgan fingerprint density at radius 2 is 2.00 bits per heavy atom. The molecule has 5 heteroatoms. The summed E-state index contributed by atoms with van der Waals surface area (Å²) in [6.07, 6.45) is 7.97. The molecule has 0 spiro atoms. The predicted molar refractivity (Wildman–Crippen MR) is 95.9 cm³/mol. The number of rotatable bonds is 4. The number of benzene rings is 1. The highest BCUT2D eigenvalue weighted by Gasteiger charge is 2.16. The molecule has 1 aromatic carbocycles. The molecular weight excluding hydrogens is 314 g/mol. The lowest BCUT2D eigenvalue weighted by molar-refractivity contribution is 0.101. The van der Waals surface area contributed by atoms with Crippen molar-refractivity contribution in [1.82, 2.24) is 14.6 Å². The van der Waals surface area contributed by atoms with Crippen molar-refractivity contribution in [3.8, 4) is 17.1 Å². The third-order valence-corrected chi connectivity index (χ3v) is 4.74. The molecule has 1 aliphatic carbocycles. The quantitative estimate of drug-likeness (QED) is 0.667. The SMILES string of the molecule is CC(=O)c1cccc(-c2cnc3ccc(OC4CCCCC4)nn23)c1. The third kappa shape index (κ3) is 3.27. The van der Waals surface area contributed by atoms with Crippen molar-refractivity contribution in [3.05, 3.63) is 48.2 Å². The minimum absolute atomic E-state index is 0.0463. The van der Waals surface area contributed by atoms with E-state index in [2.05, 4.69) is 10.1 Å². The molecule has 4 rings (SSSR count). The fraction of sp³-hybridized carbons (Fsp3) is 0.350. The highest BCUT2D eigenvalue weighted by molar-refractivity contribution is 5.95. The summed E-state index contributed by atoms with van der Waals surface area (Å²) in [6, 6.07) is 11.3. The maximum absolute atomic E-state index is 11.6. The number of ketones is 1. The largest absolute Gasteiger partial charge is 0.473 e. The van der Waals surface area contributed by atoms with Crippen molar-refractivity contribution in [3.63, 3.8) is 0 Å². The van der Waals surface area contributed by atoms with Gasteiger partial charge in [-0.3, -0.25) is 4.79 Å². The molecule has 3 aromatic rings. The second kappa shape index (κ2) is 6.67. The maximum atomic E-state index is 11.6. The van der Waals surface area contributed by atoms with E-state index in [-0.39, 0.29) is 11.9 Å². The zero-order chi connectivity index (χ0) is 17.2. The lowest BCUT2D eigenvalue weighted by atomic mass is 9.98. The summed E-state index contributed by atoms with van der Waals surface area (Å²) < 4.78 is 7.86. The van der Waals surface area contributed by atoms with Crippen molar-refractivity contribution in [2.75, 3.05) is 0 Å². The van der Waals surface area contributed by atoms with Crippen LogP contribution in [0.25, 0.3) is 16.9 Å². The number of nitrogens with zero attached hydrogens (tertiary/aromatic N) is 3. The molecule has 1 saturated carbocycles. The summed E-state index contributed by atoms with van der Waals surface area (Å²) in [7, 11) is 0. The van der Waals surface area contributed by atoms with Gasteiger partial charge in [0.05, 0.1) is 11.9 Å². The Bertz CT molecular complexity index is 910. The molecular formula is C20H21N3O2. The Kier molecular flexibility index (Phi) is 4.22. The number of hydrogen-bond acceptors (Lipinski definition) is 4. The molecule has 0 aliphatic heterocycles. The van der Waals surface area contributed by atoms with E-state index in [1.54, 1.807) is 17.6 Å². The second-order valence-corrected chi connectivity index (χ2v) is 6.60. The van der Waals surface area contributed by atoms with Gasteiger partial charge in [-0.05, 0) is 44.7 Å². The van der Waals surface area contributed by atoms with Gasteiger partial charge in [-0.15, -0.1) is 5.10 Å². The van der Waals surface area contributed by atoms with E-state index in [4.69, 9.17) is 4.74 Å². The van der Waals surface area contributed by atoms with Crippen LogP contribution in [0.4, 0.5) is 0 Å². The lowest BCUT2D eigenvalue weighted by Gasteiger charge is -2.22. The molecule has 0 saturated heterocycles. The van der Waals surface area contributed by atoms with E-state index < -0.39 is 0 Å². The molecule has 25 heavy (non-hydrogen) atoms. The second-order valence-electron chi connectivity index (χ2n) is 6.60. The Morgan fingerprint density at radius 3 is 2.80 bits per heavy atom. The van der Waals surface area contributed by atoms with Crippen molar-refractivity contribution in [2.45, 2.75) is 45.1 Å². The molecule has 128 valence electrons. The average molecular weight is 335 g/mol. The van der Waals surface area contributed by atoms with Crippen LogP contribution in [-0.4, -0.2) is 26.5 Å². The average Bonchev–Trinajstić information content (AvgIpc) is 3.06. The number of imidazole rings is 1. The molecule has 0 bridgehead atoms. The molecule has 0 radical (unpaired) electrons. The Labute approximate surface area is 146 Å². The molecule has 2 heterocycles. The molecule has 5 nitrogen and oxygen atoms in total. The van der Waals surface area contributed by atoms with E-state index in [0.29, 0.717) is 11.4 Å². The van der Waals surface area contributed by atoms with E-state index >= 15 is 0 Å². The Hall–Kier alpha value is -2.69. The van der Waals surface area contributed by atoms with Gasteiger partial charge >= 0.3 is 0 Å². The summed E-state index contributed by atoms with van der Waals surface area (Å²) in [5, 5.41) is 4.63. The first-order chi connectivity index (χ1) is 12.2. The van der Waals surface area contributed by atoms with Crippen molar-refractivity contribution >= 4 is 11.4 Å². The monoisotopic (exact) mass is 335 g/mol. The van der Waals surface area contributed by atoms with Crippen LogP contribution in [0.1, 0.15) is 49.4 Å². The topological polar surface area (TPSA) is 56.5 Å². The molecule has 0 amide bonds. The molecule has 0 atom stereocenters. The number of ether oxygens (including phenoxy) is 1. The third-order valence-electron chi connectivity index (χ3n) is 4.74. The Morgan fingerprint density at radius 1 is 1.16 bits per heavy atom. The highest BCUT2D eigenvalue weighted by atomic mass is 16.5. The van der Waals surface area contributed by atoms with Crippen LogP contribution in [0.15, 0.2) is 42.6 Å². The first-order valence-electron chi connectivity index (χ1n) is 8.83. The summed E-state index contributed by atoms with van der Waals surface area (Å²) in [6.45, 7) is 1.57. The number of aromatic nitrogens is 3. The van der Waals surface area contributed by atoms with Gasteiger partial charge in [0.25, 0.3) is 0 Å². The van der Waals surface area contributed by atoms with Gasteiger partial charge in [-0.1, -0.05) is 24.6 Å². The molecule has 2 aromatic heterocycles. The standard InChI is InChI=1S/C20H21N3O2/c1-14(24)15-6-5-7-16(12-15)18-13-21-19-10-11-20(22-23(18)19)25-17-8-3-2-4-9-17/h5-7,10-13,17H,2-4,8-9H2,1H3. The number of Topliss-reactive ketones (excluding diaryl/α,β-unsaturated/α-hetero) is 1. The summed E-state index contributed by atoms with van der Waals surface area (Å²) in [4.78, 5) is 16.1. The van der Waals surface area contributed by atoms with Crippen LogP contribution in [0.2, 0.25) is 0 Å². The van der Waals surface area contributed by atoms with Crippen molar-refractivity contribution in [2.24, 2.45) is 0 Å². The molecule has 1 fully saturated rings. The zero-order valence-corrected chi connectivity index (χ0v) is 14.3. The van der Waals surface area contributed by atoms with E-state index in [1.807, 2.05) is 36.4 Å². The van der Waals surface area contributed by atoms with Crippen molar-refractivity contribution in [1.29, 1.82) is 0 Å². The molecule has 0 unspecified atom stereocenters. The molecule has 1 aliphatic rings. The van der Waals surface area contributed by atoms with Crippen LogP contribution in [0, 0.1) is 0 Å². The first-order valence-corrected chi connectivity index (χ1v) is 8.83.